The van der Waals surface area contributed by atoms with Gasteiger partial charge in [-0.1, -0.05) is 30.9 Å². The second-order valence-electron chi connectivity index (χ2n) is 2.16. The topological polar surface area (TPSA) is 0 Å². The molecule has 0 unspecified atom stereocenters. The van der Waals surface area contributed by atoms with Gasteiger partial charge in [0.25, 0.3) is 0 Å². The average molecular weight is 125 g/mol. The highest BCUT2D eigenvalue weighted by atomic mass is 28.3. The lowest BCUT2D eigenvalue weighted by molar-refractivity contribution is 1.60. The Balaban J connectivity index is 3.96. The summed E-state index contributed by atoms with van der Waals surface area (Å²) in [4.78, 5) is 0. The second kappa shape index (κ2) is 2.87. The van der Waals surface area contributed by atoms with Gasteiger partial charge in [0, 0.05) is 0 Å². The lowest BCUT2D eigenvalue weighted by Gasteiger charge is -2.13. The van der Waals surface area contributed by atoms with Crippen LogP contribution < -0.4 is 0 Å². The van der Waals surface area contributed by atoms with E-state index in [0.29, 0.717) is 0 Å². The van der Waals surface area contributed by atoms with Crippen molar-refractivity contribution in [2.45, 2.75) is 12.6 Å². The summed E-state index contributed by atoms with van der Waals surface area (Å²) in [6, 6.07) is 0.972. The van der Waals surface area contributed by atoms with Crippen LogP contribution in [0.5, 0.6) is 0 Å². The summed E-state index contributed by atoms with van der Waals surface area (Å²) in [7, 11) is -1.25. The molecule has 1 heteroatoms. The molecular formula is C7H13Si. The highest BCUT2D eigenvalue weighted by molar-refractivity contribution is 6.87. The Labute approximate surface area is 52.9 Å². The third-order valence-electron chi connectivity index (χ3n) is 1.47. The first-order valence-corrected chi connectivity index (χ1v) is 5.61. The zero-order chi connectivity index (χ0) is 6.62. The van der Waals surface area contributed by atoms with Crippen LogP contribution in [0.1, 0.15) is 0 Å². The van der Waals surface area contributed by atoms with Gasteiger partial charge in [0.1, 0.15) is 0 Å². The first kappa shape index (κ1) is 7.70. The molecular weight excluding hydrogens is 112 g/mol. The number of hydrogen-bond donors (Lipinski definition) is 0. The molecule has 0 amide bonds. The molecule has 0 bridgehead atoms. The van der Waals surface area contributed by atoms with Crippen LogP contribution in [-0.2, 0) is 0 Å². The van der Waals surface area contributed by atoms with Crippen molar-refractivity contribution in [2.75, 3.05) is 0 Å². The summed E-state index contributed by atoms with van der Waals surface area (Å²) >= 11 is 0. The predicted octanol–water partition coefficient (Wildman–Crippen LogP) is 2.35. The molecule has 0 spiro atoms. The molecule has 0 aliphatic heterocycles. The fraction of sp³-hybridized carbons (Fsp3) is 0.286. The Hall–Kier alpha value is -0.303. The van der Waals surface area contributed by atoms with Gasteiger partial charge in [0.15, 0.2) is 0 Å². The summed E-state index contributed by atoms with van der Waals surface area (Å²) in [5, 5.41) is 0. The largest absolute Gasteiger partial charge is 0.107 e. The van der Waals surface area contributed by atoms with E-state index < -0.39 is 8.07 Å². The molecule has 0 aliphatic rings. The lowest BCUT2D eigenvalue weighted by atomic mass is 11.0. The smallest absolute Gasteiger partial charge is 0.0973 e. The predicted molar refractivity (Wildman–Crippen MR) is 42.2 cm³/mol. The van der Waals surface area contributed by atoms with Gasteiger partial charge in [-0.3, -0.25) is 0 Å². The first-order chi connectivity index (χ1) is 3.68. The lowest BCUT2D eigenvalue weighted by Crippen LogP contribution is -2.22. The molecule has 0 rings (SSSR count). The molecule has 0 aliphatic carbocycles. The van der Waals surface area contributed by atoms with Crippen molar-refractivity contribution in [3.05, 3.63) is 31.5 Å². The second-order valence-corrected chi connectivity index (χ2v) is 6.49. The molecule has 0 saturated heterocycles. The molecule has 0 aromatic rings. The zero-order valence-electron chi connectivity index (χ0n) is 5.48. The van der Waals surface area contributed by atoms with E-state index in [2.05, 4.69) is 26.6 Å². The van der Waals surface area contributed by atoms with Crippen LogP contribution >= 0.6 is 0 Å². The fourth-order valence-electron chi connectivity index (χ4n) is 0.287. The Kier molecular flexibility index (Phi) is 2.76. The van der Waals surface area contributed by atoms with E-state index >= 15 is 0 Å². The minimum atomic E-state index is -1.25. The van der Waals surface area contributed by atoms with Crippen molar-refractivity contribution in [1.29, 1.82) is 0 Å². The highest BCUT2D eigenvalue weighted by Crippen LogP contribution is 2.09. The number of hydrogen-bond acceptors (Lipinski definition) is 0. The van der Waals surface area contributed by atoms with Crippen LogP contribution in [-0.4, -0.2) is 8.07 Å². The maximum Gasteiger partial charge on any atom is 0.0973 e. The van der Waals surface area contributed by atoms with Crippen LogP contribution in [0.25, 0.3) is 0 Å². The highest BCUT2D eigenvalue weighted by Gasteiger charge is 2.13. The maximum absolute atomic E-state index is 3.82. The summed E-state index contributed by atoms with van der Waals surface area (Å²) in [5.74, 6) is 0. The first-order valence-electron chi connectivity index (χ1n) is 2.75. The minimum absolute atomic E-state index is 0.972. The molecule has 0 N–H and O–H groups in total. The standard InChI is InChI=1S/C7H13Si/c1-5-8(4,6-2)7-3/h5-6H,1-3,7H2,4H3. The maximum atomic E-state index is 3.82. The minimum Gasteiger partial charge on any atom is -0.107 e. The zero-order valence-corrected chi connectivity index (χ0v) is 6.48. The van der Waals surface area contributed by atoms with E-state index in [9.17, 15) is 0 Å². The summed E-state index contributed by atoms with van der Waals surface area (Å²) < 4.78 is 0. The van der Waals surface area contributed by atoms with E-state index in [0.717, 1.165) is 6.04 Å². The summed E-state index contributed by atoms with van der Waals surface area (Å²) in [5.41, 5.74) is 4.01. The molecule has 45 valence electrons. The van der Waals surface area contributed by atoms with Crippen molar-refractivity contribution in [3.63, 3.8) is 0 Å². The molecule has 0 saturated carbocycles. The fourth-order valence-corrected chi connectivity index (χ4v) is 0.862. The molecule has 0 nitrogen and oxygen atoms in total. The van der Waals surface area contributed by atoms with Crippen LogP contribution in [0.3, 0.4) is 0 Å². The van der Waals surface area contributed by atoms with Crippen molar-refractivity contribution in [3.8, 4) is 0 Å². The van der Waals surface area contributed by atoms with Gasteiger partial charge in [0.05, 0.1) is 8.07 Å². The van der Waals surface area contributed by atoms with Crippen molar-refractivity contribution < 1.29 is 0 Å². The van der Waals surface area contributed by atoms with Gasteiger partial charge in [-0.2, -0.15) is 0 Å². The van der Waals surface area contributed by atoms with Crippen LogP contribution in [0.2, 0.25) is 12.6 Å². The average Bonchev–Trinajstić information content (AvgIpc) is 1.87. The van der Waals surface area contributed by atoms with Crippen molar-refractivity contribution in [1.82, 2.24) is 0 Å². The van der Waals surface area contributed by atoms with Crippen molar-refractivity contribution in [2.24, 2.45) is 0 Å². The Morgan fingerprint density at radius 3 is 1.75 bits per heavy atom. The van der Waals surface area contributed by atoms with E-state index in [1.54, 1.807) is 0 Å². The summed E-state index contributed by atoms with van der Waals surface area (Å²) in [6.07, 6.45) is 0. The summed E-state index contributed by atoms with van der Waals surface area (Å²) in [6.45, 7) is 13.5. The van der Waals surface area contributed by atoms with E-state index in [1.165, 1.54) is 0 Å². The van der Waals surface area contributed by atoms with E-state index in [1.807, 2.05) is 11.4 Å². The van der Waals surface area contributed by atoms with Gasteiger partial charge in [-0.15, -0.1) is 13.2 Å². The normalized spacial score (nSPS) is 10.8. The van der Waals surface area contributed by atoms with Gasteiger partial charge >= 0.3 is 0 Å². The Morgan fingerprint density at radius 2 is 1.75 bits per heavy atom. The quantitative estimate of drug-likeness (QED) is 0.508. The monoisotopic (exact) mass is 125 g/mol. The van der Waals surface area contributed by atoms with Gasteiger partial charge in [0.2, 0.25) is 0 Å². The third kappa shape index (κ3) is 1.66. The molecule has 0 aromatic carbocycles. The molecule has 0 fully saturated rings. The van der Waals surface area contributed by atoms with Gasteiger partial charge in [-0.05, 0) is 0 Å². The van der Waals surface area contributed by atoms with Crippen LogP contribution in [0.15, 0.2) is 24.6 Å². The molecule has 0 aromatic heterocycles. The van der Waals surface area contributed by atoms with Gasteiger partial charge < -0.3 is 0 Å². The molecule has 0 atom stereocenters. The van der Waals surface area contributed by atoms with Gasteiger partial charge in [-0.25, -0.2) is 0 Å². The number of rotatable bonds is 3. The molecule has 1 radical (unpaired) electrons. The SMILES string of the molecule is [CH2]C[Si](C)(C=C)C=C. The Morgan fingerprint density at radius 1 is 1.38 bits per heavy atom. The van der Waals surface area contributed by atoms with E-state index in [4.69, 9.17) is 0 Å². The van der Waals surface area contributed by atoms with Crippen LogP contribution in [0.4, 0.5) is 0 Å². The van der Waals surface area contributed by atoms with Crippen LogP contribution in [0, 0.1) is 6.92 Å². The Bertz CT molecular complexity index is 86.6. The molecule has 0 heterocycles. The molecule has 8 heavy (non-hydrogen) atoms. The third-order valence-corrected chi connectivity index (χ3v) is 4.41. The van der Waals surface area contributed by atoms with Crippen molar-refractivity contribution >= 4 is 8.07 Å². The van der Waals surface area contributed by atoms with E-state index in [-0.39, 0.29) is 0 Å².